The number of anilines is 2. The van der Waals surface area contributed by atoms with Gasteiger partial charge >= 0.3 is 6.03 Å². The molecular weight excluding hydrogens is 363 g/mol. The fourth-order valence-electron chi connectivity index (χ4n) is 4.43. The summed E-state index contributed by atoms with van der Waals surface area (Å²) in [5.41, 5.74) is 6.16. The molecule has 3 atom stereocenters. The zero-order valence-corrected chi connectivity index (χ0v) is 15.8. The number of carbonyl (C=O) groups excluding carboxylic acids is 1. The van der Waals surface area contributed by atoms with Crippen molar-refractivity contribution in [3.63, 3.8) is 0 Å². The summed E-state index contributed by atoms with van der Waals surface area (Å²) < 4.78 is 13.9. The number of carbonyl (C=O) groups is 1. The van der Waals surface area contributed by atoms with E-state index in [1.165, 1.54) is 18.2 Å². The van der Waals surface area contributed by atoms with Gasteiger partial charge in [-0.15, -0.1) is 0 Å². The van der Waals surface area contributed by atoms with E-state index in [4.69, 9.17) is 5.73 Å². The van der Waals surface area contributed by atoms with Crippen molar-refractivity contribution in [2.24, 2.45) is 11.8 Å². The number of hydrogen-bond acceptors (Lipinski definition) is 5. The Labute approximate surface area is 161 Å². The van der Waals surface area contributed by atoms with Crippen molar-refractivity contribution >= 4 is 17.8 Å². The Balaban J connectivity index is 1.67. The molecule has 8 nitrogen and oxygen atoms in total. The van der Waals surface area contributed by atoms with Crippen LogP contribution in [0.4, 0.5) is 21.0 Å². The number of benzene rings is 1. The summed E-state index contributed by atoms with van der Waals surface area (Å²) >= 11 is 0. The van der Waals surface area contributed by atoms with Crippen LogP contribution in [0.3, 0.4) is 0 Å². The molecule has 28 heavy (non-hydrogen) atoms. The maximum absolute atomic E-state index is 13.9. The van der Waals surface area contributed by atoms with E-state index >= 15 is 0 Å². The Bertz CT molecular complexity index is 961. The Morgan fingerprint density at radius 1 is 1.29 bits per heavy atom. The van der Waals surface area contributed by atoms with E-state index in [0.29, 0.717) is 25.5 Å². The maximum Gasteiger partial charge on any atom is 0.320 e. The second kappa shape index (κ2) is 6.81. The topological polar surface area (TPSA) is 98.6 Å². The number of urea groups is 1. The summed E-state index contributed by atoms with van der Waals surface area (Å²) in [7, 11) is 3.43. The predicted molar refractivity (Wildman–Crippen MR) is 103 cm³/mol. The highest BCUT2D eigenvalue weighted by atomic mass is 19.1. The van der Waals surface area contributed by atoms with Crippen molar-refractivity contribution in [3.05, 3.63) is 52.1 Å². The first-order valence-corrected chi connectivity index (χ1v) is 9.18. The van der Waals surface area contributed by atoms with E-state index in [-0.39, 0.29) is 41.2 Å². The highest BCUT2D eigenvalue weighted by Crippen LogP contribution is 2.46. The van der Waals surface area contributed by atoms with Gasteiger partial charge in [-0.2, -0.15) is 4.98 Å². The first kappa shape index (κ1) is 18.3. The number of rotatable bonds is 2. The summed E-state index contributed by atoms with van der Waals surface area (Å²) in [6, 6.07) is 7.53. The zero-order chi connectivity index (χ0) is 20.0. The summed E-state index contributed by atoms with van der Waals surface area (Å²) in [5.74, 6) is 0.578. The van der Waals surface area contributed by atoms with E-state index < -0.39 is 0 Å². The molecule has 0 saturated carbocycles. The van der Waals surface area contributed by atoms with Gasteiger partial charge in [-0.25, -0.2) is 9.18 Å². The molecule has 1 aromatic carbocycles. The molecule has 1 aromatic heterocycles. The SMILES string of the molecule is CN(C)C(=O)N1C[C@H]2CN(c3cc(=O)[nH]c(N)n3)C[C@H]2[C@@H]1c1cccc(F)c1. The van der Waals surface area contributed by atoms with Gasteiger partial charge in [0.1, 0.15) is 11.6 Å². The second-order valence-electron chi connectivity index (χ2n) is 7.65. The normalized spacial score (nSPS) is 23.8. The van der Waals surface area contributed by atoms with Crippen LogP contribution in [-0.2, 0) is 0 Å². The van der Waals surface area contributed by atoms with Crippen molar-refractivity contribution in [1.29, 1.82) is 0 Å². The molecule has 4 rings (SSSR count). The third kappa shape index (κ3) is 3.17. The van der Waals surface area contributed by atoms with Gasteiger partial charge in [0.15, 0.2) is 0 Å². The molecule has 0 aliphatic carbocycles. The Hall–Kier alpha value is -3.10. The lowest BCUT2D eigenvalue weighted by atomic mass is 9.89. The fraction of sp³-hybridized carbons (Fsp3) is 0.421. The molecule has 3 N–H and O–H groups in total. The number of aromatic amines is 1. The van der Waals surface area contributed by atoms with Crippen LogP contribution in [0.1, 0.15) is 11.6 Å². The summed E-state index contributed by atoms with van der Waals surface area (Å²) in [6.07, 6.45) is 0. The molecule has 0 radical (unpaired) electrons. The van der Waals surface area contributed by atoms with E-state index in [9.17, 15) is 14.0 Å². The molecule has 0 spiro atoms. The van der Waals surface area contributed by atoms with E-state index in [2.05, 4.69) is 9.97 Å². The van der Waals surface area contributed by atoms with Crippen molar-refractivity contribution in [1.82, 2.24) is 19.8 Å². The van der Waals surface area contributed by atoms with Crippen LogP contribution in [0.25, 0.3) is 0 Å². The van der Waals surface area contributed by atoms with E-state index in [1.807, 2.05) is 15.9 Å². The third-order valence-corrected chi connectivity index (χ3v) is 5.55. The van der Waals surface area contributed by atoms with Crippen LogP contribution in [0.2, 0.25) is 0 Å². The molecule has 9 heteroatoms. The quantitative estimate of drug-likeness (QED) is 0.810. The number of nitrogens with one attached hydrogen (secondary N) is 1. The molecule has 2 aliphatic heterocycles. The van der Waals surface area contributed by atoms with Gasteiger partial charge < -0.3 is 20.4 Å². The van der Waals surface area contributed by atoms with Crippen LogP contribution >= 0.6 is 0 Å². The molecule has 2 aromatic rings. The van der Waals surface area contributed by atoms with Gasteiger partial charge in [0, 0.05) is 51.6 Å². The summed E-state index contributed by atoms with van der Waals surface area (Å²) in [4.78, 5) is 36.6. The Morgan fingerprint density at radius 2 is 2.07 bits per heavy atom. The first-order chi connectivity index (χ1) is 13.3. The van der Waals surface area contributed by atoms with Gasteiger partial charge in [0.25, 0.3) is 5.56 Å². The van der Waals surface area contributed by atoms with Gasteiger partial charge in [-0.3, -0.25) is 9.78 Å². The standard InChI is InChI=1S/C19H23FN6O2/c1-24(2)19(28)26-9-12-8-25(15-7-16(27)23-18(21)22-15)10-14(12)17(26)11-4-3-5-13(20)6-11/h3-7,12,14,17H,8-10H2,1-2H3,(H3,21,22,23,27)/t12-,14-,17+/m1/s1. The minimum absolute atomic E-state index is 0.0747. The number of hydrogen-bond donors (Lipinski definition) is 2. The van der Waals surface area contributed by atoms with Crippen LogP contribution in [0.5, 0.6) is 0 Å². The largest absolute Gasteiger partial charge is 0.369 e. The minimum Gasteiger partial charge on any atom is -0.369 e. The minimum atomic E-state index is -0.322. The van der Waals surface area contributed by atoms with Crippen LogP contribution in [0.15, 0.2) is 35.1 Å². The molecular formula is C19H23FN6O2. The third-order valence-electron chi connectivity index (χ3n) is 5.55. The van der Waals surface area contributed by atoms with E-state index in [1.54, 1.807) is 25.1 Å². The monoisotopic (exact) mass is 386 g/mol. The van der Waals surface area contributed by atoms with Crippen molar-refractivity contribution in [3.8, 4) is 0 Å². The first-order valence-electron chi connectivity index (χ1n) is 9.18. The van der Waals surface area contributed by atoms with Crippen LogP contribution in [-0.4, -0.2) is 59.5 Å². The number of H-pyrrole nitrogens is 1. The van der Waals surface area contributed by atoms with Crippen molar-refractivity contribution < 1.29 is 9.18 Å². The van der Waals surface area contributed by atoms with Crippen molar-refractivity contribution in [2.45, 2.75) is 6.04 Å². The number of fused-ring (bicyclic) bond motifs is 1. The molecule has 2 amide bonds. The van der Waals surface area contributed by atoms with Crippen molar-refractivity contribution in [2.75, 3.05) is 44.4 Å². The molecule has 3 heterocycles. The number of amides is 2. The number of nitrogens with two attached hydrogens (primary N) is 1. The highest BCUT2D eigenvalue weighted by Gasteiger charge is 2.49. The lowest BCUT2D eigenvalue weighted by molar-refractivity contribution is 0.159. The number of nitrogens with zero attached hydrogens (tertiary/aromatic N) is 4. The van der Waals surface area contributed by atoms with Gasteiger partial charge in [0.2, 0.25) is 5.95 Å². The smallest absolute Gasteiger partial charge is 0.320 e. The highest BCUT2D eigenvalue weighted by molar-refractivity contribution is 5.75. The fourth-order valence-corrected chi connectivity index (χ4v) is 4.43. The number of aromatic nitrogens is 2. The number of likely N-dealkylation sites (tertiary alicyclic amines) is 1. The molecule has 2 aliphatic rings. The second-order valence-corrected chi connectivity index (χ2v) is 7.65. The molecule has 2 saturated heterocycles. The summed E-state index contributed by atoms with van der Waals surface area (Å²) in [6.45, 7) is 1.83. The van der Waals surface area contributed by atoms with Crippen LogP contribution < -0.4 is 16.2 Å². The van der Waals surface area contributed by atoms with Gasteiger partial charge in [0.05, 0.1) is 6.04 Å². The van der Waals surface area contributed by atoms with Gasteiger partial charge in [-0.05, 0) is 17.7 Å². The number of halogens is 1. The Morgan fingerprint density at radius 3 is 2.75 bits per heavy atom. The average molecular weight is 386 g/mol. The molecule has 148 valence electrons. The summed E-state index contributed by atoms with van der Waals surface area (Å²) in [5, 5.41) is 0. The lowest BCUT2D eigenvalue weighted by Gasteiger charge is -2.32. The van der Waals surface area contributed by atoms with Gasteiger partial charge in [-0.1, -0.05) is 12.1 Å². The Kier molecular flexibility index (Phi) is 4.44. The predicted octanol–water partition coefficient (Wildman–Crippen LogP) is 1.28. The maximum atomic E-state index is 13.9. The number of nitrogen functional groups attached to an aromatic ring is 1. The average Bonchev–Trinajstić information content (AvgIpc) is 3.17. The molecule has 0 unspecified atom stereocenters. The zero-order valence-electron chi connectivity index (χ0n) is 15.8. The van der Waals surface area contributed by atoms with E-state index in [0.717, 1.165) is 5.56 Å². The molecule has 2 fully saturated rings. The lowest BCUT2D eigenvalue weighted by Crippen LogP contribution is -2.41. The van der Waals surface area contributed by atoms with Crippen LogP contribution in [0, 0.1) is 17.7 Å². The molecule has 0 bridgehead atoms.